The number of aliphatic hydroxyl groups excluding tert-OH is 1. The van der Waals surface area contributed by atoms with E-state index >= 15 is 0 Å². The van der Waals surface area contributed by atoms with Gasteiger partial charge in [-0.2, -0.15) is 4.98 Å². The number of aryl methyl sites for hydroxylation is 1. The van der Waals surface area contributed by atoms with Crippen molar-refractivity contribution in [1.29, 1.82) is 0 Å². The van der Waals surface area contributed by atoms with Crippen LogP contribution in [0.2, 0.25) is 0 Å². The number of halogens is 2. The molecule has 0 radical (unpaired) electrons. The van der Waals surface area contributed by atoms with Crippen LogP contribution in [0.1, 0.15) is 18.9 Å². The maximum absolute atomic E-state index is 12.9. The first-order valence-electron chi connectivity index (χ1n) is 5.78. The van der Waals surface area contributed by atoms with Crippen molar-refractivity contribution in [2.45, 2.75) is 26.2 Å². The summed E-state index contributed by atoms with van der Waals surface area (Å²) in [5.74, 6) is -2.41. The topological polar surface area (TPSA) is 70.1 Å². The average molecular weight is 260 g/mol. The van der Waals surface area contributed by atoms with Crippen LogP contribution in [0.25, 0.3) is 0 Å². The van der Waals surface area contributed by atoms with Gasteiger partial charge in [0.15, 0.2) is 0 Å². The number of alkyl halides is 2. The summed E-state index contributed by atoms with van der Waals surface area (Å²) in [4.78, 5) is 8.14. The molecule has 0 unspecified atom stereocenters. The molecule has 5 nitrogen and oxygen atoms in total. The van der Waals surface area contributed by atoms with Gasteiger partial charge in [0.1, 0.15) is 12.4 Å². The van der Waals surface area contributed by atoms with Gasteiger partial charge >= 0.3 is 0 Å². The lowest BCUT2D eigenvalue weighted by Gasteiger charge is -2.16. The van der Waals surface area contributed by atoms with E-state index in [1.54, 1.807) is 13.1 Å². The Bertz CT molecular complexity index is 387. The summed E-state index contributed by atoms with van der Waals surface area (Å²) >= 11 is 0. The Morgan fingerprint density at radius 1 is 1.39 bits per heavy atom. The van der Waals surface area contributed by atoms with Crippen molar-refractivity contribution in [3.05, 3.63) is 11.8 Å². The molecule has 0 atom stereocenters. The van der Waals surface area contributed by atoms with E-state index in [4.69, 9.17) is 5.11 Å². The number of hydrogen-bond donors (Lipinski definition) is 3. The van der Waals surface area contributed by atoms with Crippen molar-refractivity contribution in [2.24, 2.45) is 0 Å². The molecule has 1 rings (SSSR count). The summed E-state index contributed by atoms with van der Waals surface area (Å²) in [6.07, 6.45) is 2.48. The average Bonchev–Trinajstić information content (AvgIpc) is 2.36. The van der Waals surface area contributed by atoms with Crippen molar-refractivity contribution >= 4 is 11.8 Å². The maximum Gasteiger partial charge on any atom is 0.287 e. The molecular weight excluding hydrogens is 242 g/mol. The Balaban J connectivity index is 2.69. The molecule has 18 heavy (non-hydrogen) atoms. The third-order valence-corrected chi connectivity index (χ3v) is 2.25. The highest BCUT2D eigenvalue weighted by Gasteiger charge is 2.27. The lowest BCUT2D eigenvalue weighted by molar-refractivity contribution is -0.0373. The molecule has 0 aliphatic rings. The molecule has 7 heteroatoms. The number of aromatic nitrogens is 2. The van der Waals surface area contributed by atoms with Crippen LogP contribution in [-0.4, -0.2) is 40.7 Å². The second kappa shape index (κ2) is 6.44. The zero-order valence-corrected chi connectivity index (χ0v) is 10.5. The first kappa shape index (κ1) is 14.6. The Morgan fingerprint density at radius 2 is 2.11 bits per heavy atom. The fourth-order valence-corrected chi connectivity index (χ4v) is 1.21. The molecular formula is C11H18F2N4O. The van der Waals surface area contributed by atoms with Gasteiger partial charge in [0.2, 0.25) is 5.95 Å². The van der Waals surface area contributed by atoms with Crippen LogP contribution in [0.4, 0.5) is 20.5 Å². The Kier molecular flexibility index (Phi) is 5.21. The molecule has 0 spiro atoms. The summed E-state index contributed by atoms with van der Waals surface area (Å²) in [5.41, 5.74) is 0.672. The van der Waals surface area contributed by atoms with Gasteiger partial charge in [-0.3, -0.25) is 0 Å². The van der Waals surface area contributed by atoms with E-state index in [-0.39, 0.29) is 0 Å². The first-order chi connectivity index (χ1) is 8.48. The number of aliphatic hydroxyl groups is 1. The van der Waals surface area contributed by atoms with Crippen LogP contribution in [-0.2, 0) is 0 Å². The fourth-order valence-electron chi connectivity index (χ4n) is 1.21. The van der Waals surface area contributed by atoms with Crippen molar-refractivity contribution in [1.82, 2.24) is 9.97 Å². The molecule has 1 aromatic heterocycles. The highest BCUT2D eigenvalue weighted by molar-refractivity contribution is 5.46. The molecule has 102 valence electrons. The summed E-state index contributed by atoms with van der Waals surface area (Å²) in [6, 6.07) is 0. The van der Waals surface area contributed by atoms with Crippen molar-refractivity contribution in [3.63, 3.8) is 0 Å². The number of nitrogens with one attached hydrogen (secondary N) is 2. The van der Waals surface area contributed by atoms with Gasteiger partial charge in [-0.05, 0) is 13.3 Å². The van der Waals surface area contributed by atoms with Crippen molar-refractivity contribution < 1.29 is 13.9 Å². The van der Waals surface area contributed by atoms with Gasteiger partial charge in [-0.1, -0.05) is 6.92 Å². The molecule has 3 N–H and O–H groups in total. The van der Waals surface area contributed by atoms with Crippen LogP contribution in [0.5, 0.6) is 0 Å². The third kappa shape index (κ3) is 4.40. The standard InChI is InChI=1S/C11H18F2N4O/c1-3-4-14-10-15-5-8(2)9(17-10)16-6-11(12,13)7-18/h5,18H,3-4,6-7H2,1-2H3,(H2,14,15,16,17). The van der Waals surface area contributed by atoms with Crippen LogP contribution >= 0.6 is 0 Å². The zero-order chi connectivity index (χ0) is 13.6. The lowest BCUT2D eigenvalue weighted by Crippen LogP contribution is -2.31. The van der Waals surface area contributed by atoms with E-state index in [2.05, 4.69) is 20.6 Å². The summed E-state index contributed by atoms with van der Waals surface area (Å²) in [7, 11) is 0. The smallest absolute Gasteiger partial charge is 0.287 e. The SMILES string of the molecule is CCCNc1ncc(C)c(NCC(F)(F)CO)n1. The molecule has 0 saturated carbocycles. The largest absolute Gasteiger partial charge is 0.390 e. The predicted octanol–water partition coefficient (Wildman–Crippen LogP) is 1.65. The molecule has 0 aromatic carbocycles. The molecule has 0 aliphatic heterocycles. The van der Waals surface area contributed by atoms with Crippen molar-refractivity contribution in [3.8, 4) is 0 Å². The summed E-state index contributed by atoms with van der Waals surface area (Å²) in [6.45, 7) is 2.60. The normalized spacial score (nSPS) is 11.4. The second-order valence-corrected chi connectivity index (χ2v) is 4.02. The van der Waals surface area contributed by atoms with Gasteiger partial charge in [-0.25, -0.2) is 13.8 Å². The third-order valence-electron chi connectivity index (χ3n) is 2.25. The van der Waals surface area contributed by atoms with E-state index in [9.17, 15) is 8.78 Å². The van der Waals surface area contributed by atoms with E-state index in [1.807, 2.05) is 6.92 Å². The lowest BCUT2D eigenvalue weighted by atomic mass is 10.3. The quantitative estimate of drug-likeness (QED) is 0.695. The molecule has 1 heterocycles. The molecule has 1 aromatic rings. The number of hydrogen-bond acceptors (Lipinski definition) is 5. The Hall–Kier alpha value is -1.50. The molecule has 0 bridgehead atoms. The monoisotopic (exact) mass is 260 g/mol. The van der Waals surface area contributed by atoms with Crippen LogP contribution in [0, 0.1) is 6.92 Å². The highest BCUT2D eigenvalue weighted by atomic mass is 19.3. The van der Waals surface area contributed by atoms with E-state index in [1.165, 1.54) is 0 Å². The van der Waals surface area contributed by atoms with Gasteiger partial charge in [0.25, 0.3) is 5.92 Å². The van der Waals surface area contributed by atoms with Gasteiger partial charge in [0.05, 0.1) is 6.54 Å². The second-order valence-electron chi connectivity index (χ2n) is 4.02. The number of rotatable bonds is 7. The van der Waals surface area contributed by atoms with Gasteiger partial charge in [0, 0.05) is 18.3 Å². The molecule has 0 aliphatic carbocycles. The molecule has 0 saturated heterocycles. The zero-order valence-electron chi connectivity index (χ0n) is 10.5. The minimum absolute atomic E-state index is 0.344. The maximum atomic E-state index is 12.9. The summed E-state index contributed by atoms with van der Waals surface area (Å²) in [5, 5.41) is 14.0. The Morgan fingerprint density at radius 3 is 2.72 bits per heavy atom. The van der Waals surface area contributed by atoms with E-state index < -0.39 is 19.1 Å². The van der Waals surface area contributed by atoms with Crippen molar-refractivity contribution in [2.75, 3.05) is 30.3 Å². The number of anilines is 2. The van der Waals surface area contributed by atoms with Gasteiger partial charge in [-0.15, -0.1) is 0 Å². The predicted molar refractivity (Wildman–Crippen MR) is 66.1 cm³/mol. The molecule has 0 fully saturated rings. The van der Waals surface area contributed by atoms with Crippen LogP contribution in [0.3, 0.4) is 0 Å². The molecule has 0 amide bonds. The number of nitrogens with zero attached hydrogens (tertiary/aromatic N) is 2. The van der Waals surface area contributed by atoms with Gasteiger partial charge < -0.3 is 15.7 Å². The van der Waals surface area contributed by atoms with E-state index in [0.29, 0.717) is 17.3 Å². The summed E-state index contributed by atoms with van der Waals surface area (Å²) < 4.78 is 25.8. The van der Waals surface area contributed by atoms with Crippen LogP contribution in [0.15, 0.2) is 6.20 Å². The minimum atomic E-state index is -3.16. The van der Waals surface area contributed by atoms with Crippen LogP contribution < -0.4 is 10.6 Å². The Labute approximate surface area is 105 Å². The van der Waals surface area contributed by atoms with E-state index in [0.717, 1.165) is 13.0 Å². The minimum Gasteiger partial charge on any atom is -0.390 e. The first-order valence-corrected chi connectivity index (χ1v) is 5.78. The fraction of sp³-hybridized carbons (Fsp3) is 0.636. The highest BCUT2D eigenvalue weighted by Crippen LogP contribution is 2.16.